The minimum atomic E-state index is -1.47. The van der Waals surface area contributed by atoms with Crippen LogP contribution in [0.15, 0.2) is 40.9 Å². The van der Waals surface area contributed by atoms with Gasteiger partial charge in [-0.2, -0.15) is 0 Å². The molecule has 2 nitrogen and oxygen atoms in total. The van der Waals surface area contributed by atoms with Gasteiger partial charge >= 0.3 is 0 Å². The molecule has 0 aliphatic heterocycles. The van der Waals surface area contributed by atoms with Crippen LogP contribution in [0.4, 0.5) is 4.39 Å². The van der Waals surface area contributed by atoms with Crippen molar-refractivity contribution in [2.45, 2.75) is 12.5 Å². The van der Waals surface area contributed by atoms with Crippen LogP contribution in [-0.2, 0) is 5.60 Å². The van der Waals surface area contributed by atoms with Gasteiger partial charge in [0, 0.05) is 20.6 Å². The predicted molar refractivity (Wildman–Crippen MR) is 80.8 cm³/mol. The first-order valence-corrected chi connectivity index (χ1v) is 7.05. The summed E-state index contributed by atoms with van der Waals surface area (Å²) in [5, 5.41) is 11.2. The zero-order valence-electron chi connectivity index (χ0n) is 11.0. The highest BCUT2D eigenvalue weighted by Crippen LogP contribution is 2.39. The summed E-state index contributed by atoms with van der Waals surface area (Å²) >= 11 is 9.48. The van der Waals surface area contributed by atoms with E-state index in [0.29, 0.717) is 21.9 Å². The molecular weight excluding hydrogens is 347 g/mol. The molecule has 20 heavy (non-hydrogen) atoms. The van der Waals surface area contributed by atoms with Gasteiger partial charge in [0.2, 0.25) is 0 Å². The van der Waals surface area contributed by atoms with Crippen molar-refractivity contribution >= 4 is 27.5 Å². The third-order valence-electron chi connectivity index (χ3n) is 3.14. The molecule has 0 fully saturated rings. The lowest BCUT2D eigenvalue weighted by atomic mass is 9.87. The number of halogens is 3. The van der Waals surface area contributed by atoms with Gasteiger partial charge in [-0.1, -0.05) is 33.6 Å². The van der Waals surface area contributed by atoms with Gasteiger partial charge in [0.05, 0.1) is 7.11 Å². The first kappa shape index (κ1) is 15.3. The number of methoxy groups -OCH3 is 1. The summed E-state index contributed by atoms with van der Waals surface area (Å²) in [5.74, 6) is -0.0512. The molecule has 0 spiro atoms. The van der Waals surface area contributed by atoms with Crippen LogP contribution in [0, 0.1) is 5.82 Å². The fourth-order valence-corrected chi connectivity index (χ4v) is 2.95. The average molecular weight is 360 g/mol. The topological polar surface area (TPSA) is 29.5 Å². The van der Waals surface area contributed by atoms with Crippen molar-refractivity contribution in [2.75, 3.05) is 7.11 Å². The van der Waals surface area contributed by atoms with Gasteiger partial charge in [-0.15, -0.1) is 0 Å². The van der Waals surface area contributed by atoms with E-state index in [1.54, 1.807) is 25.1 Å². The van der Waals surface area contributed by atoms with E-state index >= 15 is 0 Å². The fourth-order valence-electron chi connectivity index (χ4n) is 2.09. The van der Waals surface area contributed by atoms with E-state index in [4.69, 9.17) is 16.3 Å². The van der Waals surface area contributed by atoms with E-state index in [0.717, 1.165) is 4.47 Å². The maximum Gasteiger partial charge on any atom is 0.125 e. The molecule has 0 radical (unpaired) electrons. The Morgan fingerprint density at radius 3 is 2.50 bits per heavy atom. The van der Waals surface area contributed by atoms with Crippen LogP contribution in [0.5, 0.6) is 5.75 Å². The second-order valence-electron chi connectivity index (χ2n) is 4.54. The van der Waals surface area contributed by atoms with Crippen molar-refractivity contribution in [2.24, 2.45) is 0 Å². The zero-order valence-corrected chi connectivity index (χ0v) is 13.3. The Bertz CT molecular complexity index is 644. The van der Waals surface area contributed by atoms with E-state index in [1.807, 2.05) is 0 Å². The Morgan fingerprint density at radius 2 is 1.90 bits per heavy atom. The lowest BCUT2D eigenvalue weighted by Crippen LogP contribution is -2.24. The molecule has 2 aromatic rings. The molecule has 5 heteroatoms. The van der Waals surface area contributed by atoms with Crippen LogP contribution in [0.2, 0.25) is 5.02 Å². The second kappa shape index (κ2) is 5.72. The maximum atomic E-state index is 13.5. The molecule has 1 atom stereocenters. The molecule has 0 aliphatic carbocycles. The summed E-state index contributed by atoms with van der Waals surface area (Å²) in [6, 6.07) is 9.14. The maximum absolute atomic E-state index is 13.5. The Labute approximate surface area is 130 Å². The molecule has 0 heterocycles. The minimum Gasteiger partial charge on any atom is -0.496 e. The normalized spacial score (nSPS) is 13.9. The summed E-state index contributed by atoms with van der Waals surface area (Å²) in [4.78, 5) is 0. The van der Waals surface area contributed by atoms with Gasteiger partial charge in [0.15, 0.2) is 0 Å². The number of benzene rings is 2. The first-order valence-electron chi connectivity index (χ1n) is 5.88. The zero-order chi connectivity index (χ0) is 14.9. The summed E-state index contributed by atoms with van der Waals surface area (Å²) in [6.07, 6.45) is 0. The van der Waals surface area contributed by atoms with Crippen LogP contribution in [0.3, 0.4) is 0 Å². The van der Waals surface area contributed by atoms with Crippen molar-refractivity contribution in [3.63, 3.8) is 0 Å². The quantitative estimate of drug-likeness (QED) is 0.874. The largest absolute Gasteiger partial charge is 0.496 e. The summed E-state index contributed by atoms with van der Waals surface area (Å²) in [6.45, 7) is 1.55. The Hall–Kier alpha value is -1.10. The van der Waals surface area contributed by atoms with Gasteiger partial charge in [0.25, 0.3) is 0 Å². The molecule has 2 aromatic carbocycles. The van der Waals surface area contributed by atoms with Gasteiger partial charge < -0.3 is 9.84 Å². The lowest BCUT2D eigenvalue weighted by molar-refractivity contribution is 0.0986. The van der Waals surface area contributed by atoms with Gasteiger partial charge in [-0.25, -0.2) is 4.39 Å². The highest BCUT2D eigenvalue weighted by atomic mass is 79.9. The Kier molecular flexibility index (Phi) is 4.37. The number of aliphatic hydroxyl groups is 1. The van der Waals surface area contributed by atoms with Gasteiger partial charge in [-0.05, 0) is 37.3 Å². The van der Waals surface area contributed by atoms with Gasteiger partial charge in [-0.3, -0.25) is 0 Å². The number of ether oxygens (including phenoxy) is 1. The molecule has 0 amide bonds. The smallest absolute Gasteiger partial charge is 0.125 e. The third-order valence-corrected chi connectivity index (χ3v) is 3.95. The van der Waals surface area contributed by atoms with E-state index in [9.17, 15) is 9.50 Å². The second-order valence-corrected chi connectivity index (χ2v) is 5.86. The third kappa shape index (κ3) is 2.82. The molecule has 1 unspecified atom stereocenters. The van der Waals surface area contributed by atoms with E-state index < -0.39 is 11.4 Å². The summed E-state index contributed by atoms with van der Waals surface area (Å²) in [5.41, 5.74) is -0.666. The van der Waals surface area contributed by atoms with E-state index in [2.05, 4.69) is 15.9 Å². The summed E-state index contributed by atoms with van der Waals surface area (Å²) in [7, 11) is 1.47. The first-order chi connectivity index (χ1) is 9.36. The summed E-state index contributed by atoms with van der Waals surface area (Å²) < 4.78 is 19.5. The molecule has 1 N–H and O–H groups in total. The Morgan fingerprint density at radius 1 is 1.20 bits per heavy atom. The van der Waals surface area contributed by atoms with Crippen molar-refractivity contribution in [3.8, 4) is 5.75 Å². The van der Waals surface area contributed by atoms with Crippen LogP contribution in [0.1, 0.15) is 18.1 Å². The van der Waals surface area contributed by atoms with Crippen LogP contribution >= 0.6 is 27.5 Å². The molecule has 0 saturated carbocycles. The van der Waals surface area contributed by atoms with E-state index in [-0.39, 0.29) is 0 Å². The monoisotopic (exact) mass is 358 g/mol. The van der Waals surface area contributed by atoms with Crippen LogP contribution in [-0.4, -0.2) is 12.2 Å². The number of rotatable bonds is 3. The van der Waals surface area contributed by atoms with Crippen molar-refractivity contribution in [1.82, 2.24) is 0 Å². The molecule has 0 bridgehead atoms. The highest BCUT2D eigenvalue weighted by Gasteiger charge is 2.31. The molecule has 0 aliphatic rings. The molecular formula is C15H13BrClFO2. The van der Waals surface area contributed by atoms with Crippen molar-refractivity contribution < 1.29 is 14.2 Å². The van der Waals surface area contributed by atoms with Gasteiger partial charge in [0.1, 0.15) is 17.2 Å². The minimum absolute atomic E-state index is 0.323. The number of hydrogen-bond acceptors (Lipinski definition) is 2. The molecule has 2 rings (SSSR count). The molecule has 0 saturated heterocycles. The predicted octanol–water partition coefficient (Wildman–Crippen LogP) is 4.51. The van der Waals surface area contributed by atoms with E-state index in [1.165, 1.54) is 25.3 Å². The Balaban J connectivity index is 2.62. The van der Waals surface area contributed by atoms with Crippen LogP contribution < -0.4 is 4.74 Å². The van der Waals surface area contributed by atoms with Crippen molar-refractivity contribution in [1.29, 1.82) is 0 Å². The molecule has 0 aromatic heterocycles. The fraction of sp³-hybridized carbons (Fsp3) is 0.200. The lowest BCUT2D eigenvalue weighted by Gasteiger charge is -2.27. The van der Waals surface area contributed by atoms with Crippen molar-refractivity contribution in [3.05, 3.63) is 62.8 Å². The highest BCUT2D eigenvalue weighted by molar-refractivity contribution is 9.10. The standard InChI is InChI=1S/C15H13BrClFO2/c1-15(19,11-5-3-9(16)7-13(11)17)12-8-10(18)4-6-14(12)20-2/h3-8,19H,1-2H3. The SMILES string of the molecule is COc1ccc(F)cc1C(C)(O)c1ccc(Br)cc1Cl. The average Bonchev–Trinajstić information content (AvgIpc) is 2.38. The molecule has 106 valence electrons. The number of hydrogen-bond donors (Lipinski definition) is 1. The van der Waals surface area contributed by atoms with Crippen LogP contribution in [0.25, 0.3) is 0 Å².